The Morgan fingerprint density at radius 2 is 2.06 bits per heavy atom. The molecule has 1 aromatic rings. The van der Waals surface area contributed by atoms with Gasteiger partial charge in [-0.1, -0.05) is 46.4 Å². The van der Waals surface area contributed by atoms with E-state index >= 15 is 0 Å². The van der Waals surface area contributed by atoms with Crippen LogP contribution in [0.3, 0.4) is 0 Å². The number of aliphatic hydroxyl groups is 1. The van der Waals surface area contributed by atoms with Gasteiger partial charge in [0.15, 0.2) is 0 Å². The highest BCUT2D eigenvalue weighted by Crippen LogP contribution is 2.32. The van der Waals surface area contributed by atoms with Crippen LogP contribution in [0.2, 0.25) is 10.0 Å². The van der Waals surface area contributed by atoms with Crippen LogP contribution in [0, 0.1) is 0 Å². The summed E-state index contributed by atoms with van der Waals surface area (Å²) in [5.74, 6) is 0.352. The van der Waals surface area contributed by atoms with Gasteiger partial charge < -0.3 is 9.84 Å². The number of rotatable bonds is 4. The van der Waals surface area contributed by atoms with Gasteiger partial charge in [0, 0.05) is 16.1 Å². The molecule has 6 heteroatoms. The number of aliphatic hydroxyl groups excluding tert-OH is 1. The Morgan fingerprint density at radius 1 is 1.38 bits per heavy atom. The lowest BCUT2D eigenvalue weighted by Crippen LogP contribution is -2.01. The molecular formula is C10H8Cl4O2. The van der Waals surface area contributed by atoms with Gasteiger partial charge in [0.05, 0.1) is 16.7 Å². The molecule has 0 unspecified atom stereocenters. The van der Waals surface area contributed by atoms with Gasteiger partial charge >= 0.3 is 0 Å². The quantitative estimate of drug-likeness (QED) is 0.904. The molecule has 0 spiro atoms. The topological polar surface area (TPSA) is 29.5 Å². The van der Waals surface area contributed by atoms with Crippen molar-refractivity contribution in [2.45, 2.75) is 6.61 Å². The number of halogens is 4. The molecule has 0 aliphatic carbocycles. The third kappa shape index (κ3) is 3.72. The SMILES string of the molecule is OCc1cc(Cl)cc(Cl)c1OCC(Cl)=CCl. The summed E-state index contributed by atoms with van der Waals surface area (Å²) in [4.78, 5) is 0. The van der Waals surface area contributed by atoms with Crippen LogP contribution in [0.15, 0.2) is 22.7 Å². The Labute approximate surface area is 113 Å². The lowest BCUT2D eigenvalue weighted by Gasteiger charge is -2.11. The monoisotopic (exact) mass is 300 g/mol. The summed E-state index contributed by atoms with van der Waals surface area (Å²) in [7, 11) is 0. The van der Waals surface area contributed by atoms with Gasteiger partial charge in [-0.3, -0.25) is 0 Å². The Hall–Kier alpha value is -0.120. The van der Waals surface area contributed by atoms with E-state index in [1.807, 2.05) is 0 Å². The van der Waals surface area contributed by atoms with Crippen LogP contribution in [0.1, 0.15) is 5.56 Å². The van der Waals surface area contributed by atoms with Gasteiger partial charge in [-0.25, -0.2) is 0 Å². The molecule has 0 radical (unpaired) electrons. The average molecular weight is 302 g/mol. The molecule has 0 aliphatic rings. The third-order valence-corrected chi connectivity index (χ3v) is 2.82. The minimum absolute atomic E-state index is 0.0827. The normalized spacial score (nSPS) is 11.7. The summed E-state index contributed by atoms with van der Waals surface area (Å²) in [5.41, 5.74) is 1.70. The molecular weight excluding hydrogens is 294 g/mol. The average Bonchev–Trinajstić information content (AvgIpc) is 2.26. The fraction of sp³-hybridized carbons (Fsp3) is 0.200. The van der Waals surface area contributed by atoms with Crippen LogP contribution in [0.5, 0.6) is 5.75 Å². The molecule has 0 fully saturated rings. The Morgan fingerprint density at radius 3 is 2.62 bits per heavy atom. The third-order valence-electron chi connectivity index (χ3n) is 1.73. The molecule has 1 aromatic carbocycles. The smallest absolute Gasteiger partial charge is 0.144 e. The standard InChI is InChI=1S/C10H8Cl4O2/c11-3-8(13)5-16-10-6(4-15)1-7(12)2-9(10)14/h1-3,15H,4-5H2. The van der Waals surface area contributed by atoms with Crippen LogP contribution in [-0.4, -0.2) is 11.7 Å². The molecule has 0 saturated carbocycles. The van der Waals surface area contributed by atoms with E-state index < -0.39 is 0 Å². The molecule has 0 aromatic heterocycles. The number of benzene rings is 1. The molecule has 0 aliphatic heterocycles. The van der Waals surface area contributed by atoms with E-state index in [0.717, 1.165) is 0 Å². The molecule has 1 N–H and O–H groups in total. The fourth-order valence-electron chi connectivity index (χ4n) is 1.07. The first-order chi connectivity index (χ1) is 7.58. The largest absolute Gasteiger partial charge is 0.486 e. The summed E-state index contributed by atoms with van der Waals surface area (Å²) in [6.07, 6.45) is 0. The molecule has 16 heavy (non-hydrogen) atoms. The molecule has 0 atom stereocenters. The first kappa shape index (κ1) is 13.9. The molecule has 1 rings (SSSR count). The van der Waals surface area contributed by atoms with Crippen molar-refractivity contribution in [3.8, 4) is 5.75 Å². The fourth-order valence-corrected chi connectivity index (χ4v) is 1.77. The Balaban J connectivity index is 2.94. The number of ether oxygens (including phenoxy) is 1. The minimum Gasteiger partial charge on any atom is -0.486 e. The van der Waals surface area contributed by atoms with Crippen LogP contribution in [0.25, 0.3) is 0 Å². The maximum absolute atomic E-state index is 9.12. The summed E-state index contributed by atoms with van der Waals surface area (Å²) in [6.45, 7) is -0.142. The van der Waals surface area contributed by atoms with Crippen molar-refractivity contribution < 1.29 is 9.84 Å². The summed E-state index contributed by atoms with van der Waals surface area (Å²) in [5, 5.41) is 10.2. The second kappa shape index (κ2) is 6.58. The molecule has 0 bridgehead atoms. The van der Waals surface area contributed by atoms with Crippen molar-refractivity contribution in [2.75, 3.05) is 6.61 Å². The zero-order valence-electron chi connectivity index (χ0n) is 8.01. The van der Waals surface area contributed by atoms with Crippen molar-refractivity contribution in [3.63, 3.8) is 0 Å². The zero-order valence-corrected chi connectivity index (χ0v) is 11.0. The molecule has 0 heterocycles. The second-order valence-electron chi connectivity index (χ2n) is 2.88. The molecule has 2 nitrogen and oxygen atoms in total. The van der Waals surface area contributed by atoms with E-state index in [-0.39, 0.29) is 13.2 Å². The van der Waals surface area contributed by atoms with Gasteiger partial charge in [-0.2, -0.15) is 0 Å². The van der Waals surface area contributed by atoms with Gasteiger partial charge in [-0.15, -0.1) is 0 Å². The highest BCUT2D eigenvalue weighted by molar-refractivity contribution is 6.37. The van der Waals surface area contributed by atoms with Crippen molar-refractivity contribution in [1.82, 2.24) is 0 Å². The summed E-state index contributed by atoms with van der Waals surface area (Å²) < 4.78 is 5.33. The van der Waals surface area contributed by atoms with E-state index in [4.69, 9.17) is 56.2 Å². The van der Waals surface area contributed by atoms with E-state index in [2.05, 4.69) is 0 Å². The lowest BCUT2D eigenvalue weighted by molar-refractivity contribution is 0.269. The molecule has 0 amide bonds. The van der Waals surface area contributed by atoms with Crippen molar-refractivity contribution in [3.05, 3.63) is 38.3 Å². The first-order valence-electron chi connectivity index (χ1n) is 4.24. The maximum atomic E-state index is 9.12. The summed E-state index contributed by atoms with van der Waals surface area (Å²) in [6, 6.07) is 3.09. The predicted octanol–water partition coefficient (Wildman–Crippen LogP) is 4.18. The van der Waals surface area contributed by atoms with Crippen LogP contribution < -0.4 is 4.74 Å². The van der Waals surface area contributed by atoms with E-state index in [9.17, 15) is 0 Å². The van der Waals surface area contributed by atoms with E-state index in [0.29, 0.717) is 26.4 Å². The number of hydrogen-bond acceptors (Lipinski definition) is 2. The van der Waals surface area contributed by atoms with Gasteiger partial charge in [0.2, 0.25) is 0 Å². The van der Waals surface area contributed by atoms with Crippen LogP contribution in [-0.2, 0) is 6.61 Å². The zero-order chi connectivity index (χ0) is 12.1. The second-order valence-corrected chi connectivity index (χ2v) is 4.43. The van der Waals surface area contributed by atoms with E-state index in [1.165, 1.54) is 11.6 Å². The Bertz CT molecular complexity index is 404. The van der Waals surface area contributed by atoms with E-state index in [1.54, 1.807) is 6.07 Å². The van der Waals surface area contributed by atoms with Crippen LogP contribution in [0.4, 0.5) is 0 Å². The maximum Gasteiger partial charge on any atom is 0.144 e. The van der Waals surface area contributed by atoms with Crippen molar-refractivity contribution in [1.29, 1.82) is 0 Å². The van der Waals surface area contributed by atoms with Gasteiger partial charge in [-0.05, 0) is 12.1 Å². The molecule has 0 saturated heterocycles. The van der Waals surface area contributed by atoms with Crippen molar-refractivity contribution in [2.24, 2.45) is 0 Å². The minimum atomic E-state index is -0.224. The van der Waals surface area contributed by atoms with Crippen LogP contribution >= 0.6 is 46.4 Å². The number of hydrogen-bond donors (Lipinski definition) is 1. The highest BCUT2D eigenvalue weighted by atomic mass is 35.5. The highest BCUT2D eigenvalue weighted by Gasteiger charge is 2.10. The van der Waals surface area contributed by atoms with Crippen molar-refractivity contribution >= 4 is 46.4 Å². The van der Waals surface area contributed by atoms with Gasteiger partial charge in [0.25, 0.3) is 0 Å². The summed E-state index contributed by atoms with van der Waals surface area (Å²) >= 11 is 22.8. The predicted molar refractivity (Wildman–Crippen MR) is 67.7 cm³/mol. The lowest BCUT2D eigenvalue weighted by atomic mass is 10.2. The van der Waals surface area contributed by atoms with Gasteiger partial charge in [0.1, 0.15) is 12.4 Å². The molecule has 88 valence electrons. The Kier molecular flexibility index (Phi) is 5.73. The first-order valence-corrected chi connectivity index (χ1v) is 5.82.